The third-order valence-corrected chi connectivity index (χ3v) is 3.59. The van der Waals surface area contributed by atoms with Crippen molar-refractivity contribution in [2.45, 2.75) is 11.8 Å². The molecule has 0 saturated heterocycles. The van der Waals surface area contributed by atoms with Crippen LogP contribution in [0.2, 0.25) is 0 Å². The highest BCUT2D eigenvalue weighted by Gasteiger charge is 2.11. The van der Waals surface area contributed by atoms with Crippen molar-refractivity contribution in [1.82, 2.24) is 9.62 Å². The lowest BCUT2D eigenvalue weighted by Gasteiger charge is -2.07. The van der Waals surface area contributed by atoms with Crippen LogP contribution in [0.4, 0.5) is 5.69 Å². The van der Waals surface area contributed by atoms with Gasteiger partial charge >= 0.3 is 0 Å². The summed E-state index contributed by atoms with van der Waals surface area (Å²) in [5.74, 6) is 0. The minimum atomic E-state index is -3.38. The molecule has 5 nitrogen and oxygen atoms in total. The van der Waals surface area contributed by atoms with Crippen LogP contribution in [0, 0.1) is 6.92 Å². The predicted octanol–water partition coefficient (Wildman–Crippen LogP) is 1.12. The van der Waals surface area contributed by atoms with Crippen LogP contribution in [-0.4, -0.2) is 40.8 Å². The van der Waals surface area contributed by atoms with Crippen molar-refractivity contribution in [3.05, 3.63) is 23.8 Å². The van der Waals surface area contributed by atoms with Crippen LogP contribution in [0.1, 0.15) is 5.56 Å². The molecule has 1 aromatic carbocycles. The SMILES string of the molecule is CNS(=O)(=O)c1ccc(N=CN(C)C)c(C)c1. The molecule has 0 bridgehead atoms. The first-order valence-corrected chi connectivity index (χ1v) is 6.60. The molecule has 94 valence electrons. The van der Waals surface area contributed by atoms with Gasteiger partial charge < -0.3 is 4.90 Å². The molecule has 1 N–H and O–H groups in total. The fraction of sp³-hybridized carbons (Fsp3) is 0.364. The highest BCUT2D eigenvalue weighted by atomic mass is 32.2. The average molecular weight is 255 g/mol. The Morgan fingerprint density at radius 3 is 2.47 bits per heavy atom. The molecule has 0 aromatic heterocycles. The maximum Gasteiger partial charge on any atom is 0.240 e. The molecule has 6 heteroatoms. The van der Waals surface area contributed by atoms with Gasteiger partial charge in [-0.15, -0.1) is 0 Å². The Hall–Kier alpha value is -1.40. The zero-order valence-electron chi connectivity index (χ0n) is 10.4. The second-order valence-corrected chi connectivity index (χ2v) is 5.75. The molecule has 17 heavy (non-hydrogen) atoms. The number of rotatable bonds is 4. The van der Waals surface area contributed by atoms with E-state index in [1.165, 1.54) is 7.05 Å². The number of aliphatic imine (C=N–C) groups is 1. The highest BCUT2D eigenvalue weighted by Crippen LogP contribution is 2.21. The Kier molecular flexibility index (Phi) is 4.25. The summed E-state index contributed by atoms with van der Waals surface area (Å²) >= 11 is 0. The summed E-state index contributed by atoms with van der Waals surface area (Å²) in [6.07, 6.45) is 1.68. The van der Waals surface area contributed by atoms with E-state index in [2.05, 4.69) is 9.71 Å². The largest absolute Gasteiger partial charge is 0.369 e. The summed E-state index contributed by atoms with van der Waals surface area (Å²) in [5, 5.41) is 0. The molecule has 0 atom stereocenters. The van der Waals surface area contributed by atoms with Gasteiger partial charge in [0.25, 0.3) is 0 Å². The van der Waals surface area contributed by atoms with E-state index in [-0.39, 0.29) is 4.90 Å². The fourth-order valence-corrected chi connectivity index (χ4v) is 2.05. The Bertz CT molecular complexity index is 522. The molecule has 0 heterocycles. The van der Waals surface area contributed by atoms with Crippen molar-refractivity contribution in [3.63, 3.8) is 0 Å². The Labute approximate surface area is 102 Å². The smallest absolute Gasteiger partial charge is 0.240 e. The Balaban J connectivity index is 3.11. The van der Waals surface area contributed by atoms with E-state index in [4.69, 9.17) is 0 Å². The number of hydrogen-bond donors (Lipinski definition) is 1. The first kappa shape index (κ1) is 13.7. The van der Waals surface area contributed by atoms with Crippen LogP contribution >= 0.6 is 0 Å². The number of nitrogens with one attached hydrogen (secondary N) is 1. The number of benzene rings is 1. The van der Waals surface area contributed by atoms with Crippen LogP contribution in [0.15, 0.2) is 28.1 Å². The topological polar surface area (TPSA) is 61.8 Å². The maximum atomic E-state index is 11.6. The first-order valence-electron chi connectivity index (χ1n) is 5.11. The van der Waals surface area contributed by atoms with Gasteiger partial charge in [-0.05, 0) is 37.7 Å². The average Bonchev–Trinajstić information content (AvgIpc) is 2.27. The zero-order chi connectivity index (χ0) is 13.1. The van der Waals surface area contributed by atoms with Crippen molar-refractivity contribution in [2.75, 3.05) is 21.1 Å². The van der Waals surface area contributed by atoms with Crippen molar-refractivity contribution >= 4 is 22.0 Å². The minimum Gasteiger partial charge on any atom is -0.369 e. The van der Waals surface area contributed by atoms with Gasteiger partial charge in [0.05, 0.1) is 16.9 Å². The summed E-state index contributed by atoms with van der Waals surface area (Å²) in [7, 11) is 1.76. The standard InChI is InChI=1S/C11H17N3O2S/c1-9-7-10(17(15,16)12-2)5-6-11(9)13-8-14(3)4/h5-8,12H,1-4H3. The van der Waals surface area contributed by atoms with Crippen LogP contribution < -0.4 is 4.72 Å². The van der Waals surface area contributed by atoms with Gasteiger partial charge in [0.1, 0.15) is 0 Å². The second kappa shape index (κ2) is 5.29. The van der Waals surface area contributed by atoms with Crippen LogP contribution in [-0.2, 0) is 10.0 Å². The van der Waals surface area contributed by atoms with Crippen LogP contribution in [0.3, 0.4) is 0 Å². The summed E-state index contributed by atoms with van der Waals surface area (Å²) in [6, 6.07) is 4.84. The Morgan fingerprint density at radius 2 is 2.00 bits per heavy atom. The lowest BCUT2D eigenvalue weighted by molar-refractivity contribution is 0.588. The maximum absolute atomic E-state index is 11.6. The van der Waals surface area contributed by atoms with Crippen molar-refractivity contribution in [1.29, 1.82) is 0 Å². The van der Waals surface area contributed by atoms with Crippen molar-refractivity contribution in [3.8, 4) is 0 Å². The molecule has 0 fully saturated rings. The normalized spacial score (nSPS) is 12.0. The predicted molar refractivity (Wildman–Crippen MR) is 69.3 cm³/mol. The van der Waals surface area contributed by atoms with Gasteiger partial charge in [-0.2, -0.15) is 0 Å². The van der Waals surface area contributed by atoms with Gasteiger partial charge in [0, 0.05) is 14.1 Å². The number of hydrogen-bond acceptors (Lipinski definition) is 3. The van der Waals surface area contributed by atoms with Crippen LogP contribution in [0.5, 0.6) is 0 Å². The van der Waals surface area contributed by atoms with Gasteiger partial charge in [-0.1, -0.05) is 0 Å². The Morgan fingerprint density at radius 1 is 1.35 bits per heavy atom. The van der Waals surface area contributed by atoms with Crippen LogP contribution in [0.25, 0.3) is 0 Å². The molecule has 0 aliphatic heterocycles. The second-order valence-electron chi connectivity index (χ2n) is 3.86. The molecular weight excluding hydrogens is 238 g/mol. The van der Waals surface area contributed by atoms with Gasteiger partial charge in [-0.3, -0.25) is 0 Å². The summed E-state index contributed by atoms with van der Waals surface area (Å²) in [6.45, 7) is 1.83. The fourth-order valence-electron chi connectivity index (χ4n) is 1.24. The molecule has 0 aliphatic carbocycles. The van der Waals surface area contributed by atoms with E-state index >= 15 is 0 Å². The summed E-state index contributed by atoms with van der Waals surface area (Å²) in [4.78, 5) is 6.31. The lowest BCUT2D eigenvalue weighted by atomic mass is 10.2. The molecule has 0 spiro atoms. The summed E-state index contributed by atoms with van der Waals surface area (Å²) < 4.78 is 25.4. The molecule has 0 saturated carbocycles. The molecule has 0 aliphatic rings. The first-order chi connectivity index (χ1) is 7.86. The van der Waals surface area contributed by atoms with Gasteiger partial charge in [-0.25, -0.2) is 18.1 Å². The molecular formula is C11H17N3O2S. The number of sulfonamides is 1. The molecule has 0 unspecified atom stereocenters. The third-order valence-electron chi connectivity index (χ3n) is 2.18. The van der Waals surface area contributed by atoms with E-state index in [9.17, 15) is 8.42 Å². The van der Waals surface area contributed by atoms with Gasteiger partial charge in [0.2, 0.25) is 10.0 Å². The van der Waals surface area contributed by atoms with E-state index in [1.54, 1.807) is 24.5 Å². The zero-order valence-corrected chi connectivity index (χ0v) is 11.2. The third kappa shape index (κ3) is 3.54. The molecule has 1 aromatic rings. The number of nitrogens with zero attached hydrogens (tertiary/aromatic N) is 2. The van der Waals surface area contributed by atoms with E-state index in [1.807, 2.05) is 25.9 Å². The lowest BCUT2D eigenvalue weighted by Crippen LogP contribution is -2.18. The van der Waals surface area contributed by atoms with E-state index in [0.29, 0.717) is 0 Å². The quantitative estimate of drug-likeness (QED) is 0.648. The molecule has 0 amide bonds. The van der Waals surface area contributed by atoms with Crippen molar-refractivity contribution in [2.24, 2.45) is 4.99 Å². The van der Waals surface area contributed by atoms with Gasteiger partial charge in [0.15, 0.2) is 0 Å². The van der Waals surface area contributed by atoms with Crippen molar-refractivity contribution < 1.29 is 8.42 Å². The highest BCUT2D eigenvalue weighted by molar-refractivity contribution is 7.89. The minimum absolute atomic E-state index is 0.251. The molecule has 1 rings (SSSR count). The van der Waals surface area contributed by atoms with E-state index < -0.39 is 10.0 Å². The monoisotopic (exact) mass is 255 g/mol. The number of aryl methyl sites for hydroxylation is 1. The van der Waals surface area contributed by atoms with E-state index in [0.717, 1.165) is 11.3 Å². The molecule has 0 radical (unpaired) electrons. The summed E-state index contributed by atoms with van der Waals surface area (Å²) in [5.41, 5.74) is 1.58.